The maximum atomic E-state index is 8.63. The van der Waals surface area contributed by atoms with Gasteiger partial charge in [0.1, 0.15) is 12.4 Å². The molecule has 0 aliphatic rings. The van der Waals surface area contributed by atoms with Crippen LogP contribution < -0.4 is 4.74 Å². The number of hydrogen-bond acceptors (Lipinski definition) is 3. The first-order chi connectivity index (χ1) is 8.77. The van der Waals surface area contributed by atoms with Crippen LogP contribution in [0, 0.1) is 18.8 Å². The van der Waals surface area contributed by atoms with Gasteiger partial charge in [-0.3, -0.25) is 0 Å². The standard InChI is InChI=1S/C15H20O3/c1-3-17-10-5-11-18-15-8-7-14(6-4-9-16)12-13(15)2/h7-8,12,16H,3,5,9-11H2,1-2H3. The number of aryl methyl sites for hydroxylation is 1. The second-order valence-electron chi connectivity index (χ2n) is 3.84. The Bertz CT molecular complexity index is 415. The Morgan fingerprint density at radius 3 is 2.78 bits per heavy atom. The van der Waals surface area contributed by atoms with Crippen molar-refractivity contribution < 1.29 is 14.6 Å². The van der Waals surface area contributed by atoms with Crippen LogP contribution in [-0.4, -0.2) is 31.5 Å². The zero-order valence-electron chi connectivity index (χ0n) is 11.0. The highest BCUT2D eigenvalue weighted by atomic mass is 16.5. The molecular formula is C15H20O3. The van der Waals surface area contributed by atoms with Gasteiger partial charge in [0, 0.05) is 25.2 Å². The van der Waals surface area contributed by atoms with Gasteiger partial charge in [-0.1, -0.05) is 11.8 Å². The summed E-state index contributed by atoms with van der Waals surface area (Å²) in [5.41, 5.74) is 1.94. The molecule has 0 aliphatic heterocycles. The lowest BCUT2D eigenvalue weighted by atomic mass is 10.1. The Morgan fingerprint density at radius 1 is 1.28 bits per heavy atom. The van der Waals surface area contributed by atoms with Crippen molar-refractivity contribution >= 4 is 0 Å². The van der Waals surface area contributed by atoms with E-state index >= 15 is 0 Å². The molecule has 0 unspecified atom stereocenters. The topological polar surface area (TPSA) is 38.7 Å². The Morgan fingerprint density at radius 2 is 2.11 bits per heavy atom. The summed E-state index contributed by atoms with van der Waals surface area (Å²) < 4.78 is 10.9. The zero-order chi connectivity index (χ0) is 13.2. The van der Waals surface area contributed by atoms with Crippen molar-refractivity contribution in [2.45, 2.75) is 20.3 Å². The molecular weight excluding hydrogens is 228 g/mol. The van der Waals surface area contributed by atoms with Gasteiger partial charge in [-0.25, -0.2) is 0 Å². The van der Waals surface area contributed by atoms with Crippen LogP contribution >= 0.6 is 0 Å². The first kappa shape index (κ1) is 14.6. The van der Waals surface area contributed by atoms with Crippen LogP contribution in [0.15, 0.2) is 18.2 Å². The third-order valence-electron chi connectivity index (χ3n) is 2.38. The predicted octanol–water partition coefficient (Wildman–Crippen LogP) is 2.14. The molecule has 1 N–H and O–H groups in total. The molecule has 3 nitrogen and oxygen atoms in total. The SMILES string of the molecule is CCOCCCOc1ccc(C#CCO)cc1C. The van der Waals surface area contributed by atoms with Crippen LogP contribution in [0.2, 0.25) is 0 Å². The second-order valence-corrected chi connectivity index (χ2v) is 3.84. The summed E-state index contributed by atoms with van der Waals surface area (Å²) in [5.74, 6) is 6.37. The highest BCUT2D eigenvalue weighted by molar-refractivity contribution is 5.43. The van der Waals surface area contributed by atoms with Crippen LogP contribution in [0.1, 0.15) is 24.5 Å². The summed E-state index contributed by atoms with van der Waals surface area (Å²) in [6.45, 7) is 5.99. The molecule has 0 saturated heterocycles. The molecule has 98 valence electrons. The number of aliphatic hydroxyl groups is 1. The van der Waals surface area contributed by atoms with Gasteiger partial charge in [-0.2, -0.15) is 0 Å². The molecule has 0 aliphatic carbocycles. The summed E-state index contributed by atoms with van der Waals surface area (Å²) >= 11 is 0. The monoisotopic (exact) mass is 248 g/mol. The molecule has 0 radical (unpaired) electrons. The number of hydrogen-bond donors (Lipinski definition) is 1. The van der Waals surface area contributed by atoms with Crippen molar-refractivity contribution in [3.8, 4) is 17.6 Å². The molecule has 0 amide bonds. The van der Waals surface area contributed by atoms with Crippen molar-refractivity contribution in [1.82, 2.24) is 0 Å². The number of ether oxygens (including phenoxy) is 2. The lowest BCUT2D eigenvalue weighted by molar-refractivity contribution is 0.130. The first-order valence-electron chi connectivity index (χ1n) is 6.19. The fraction of sp³-hybridized carbons (Fsp3) is 0.467. The van der Waals surface area contributed by atoms with E-state index in [1.165, 1.54) is 0 Å². The van der Waals surface area contributed by atoms with Gasteiger partial charge in [0.05, 0.1) is 6.61 Å². The van der Waals surface area contributed by atoms with Crippen molar-refractivity contribution in [3.63, 3.8) is 0 Å². The van der Waals surface area contributed by atoms with E-state index < -0.39 is 0 Å². The fourth-order valence-electron chi connectivity index (χ4n) is 1.52. The van der Waals surface area contributed by atoms with Gasteiger partial charge < -0.3 is 14.6 Å². The Hall–Kier alpha value is -1.50. The number of aliphatic hydroxyl groups excluding tert-OH is 1. The Kier molecular flexibility index (Phi) is 6.93. The van der Waals surface area contributed by atoms with E-state index in [1.54, 1.807) is 0 Å². The third kappa shape index (κ3) is 5.22. The molecule has 0 spiro atoms. The molecule has 0 atom stereocenters. The molecule has 1 aromatic rings. The van der Waals surface area contributed by atoms with Gasteiger partial charge in [0.2, 0.25) is 0 Å². The molecule has 0 fully saturated rings. The van der Waals surface area contributed by atoms with Crippen LogP contribution in [0.3, 0.4) is 0 Å². The van der Waals surface area contributed by atoms with Gasteiger partial charge >= 0.3 is 0 Å². The van der Waals surface area contributed by atoms with Crippen molar-refractivity contribution in [2.75, 3.05) is 26.4 Å². The minimum absolute atomic E-state index is 0.116. The predicted molar refractivity (Wildman–Crippen MR) is 71.7 cm³/mol. The van der Waals surface area contributed by atoms with E-state index in [4.69, 9.17) is 14.6 Å². The molecule has 1 rings (SSSR count). The quantitative estimate of drug-likeness (QED) is 0.619. The molecule has 0 aromatic heterocycles. The van der Waals surface area contributed by atoms with Crippen molar-refractivity contribution in [3.05, 3.63) is 29.3 Å². The van der Waals surface area contributed by atoms with Crippen LogP contribution in [0.4, 0.5) is 0 Å². The average molecular weight is 248 g/mol. The lowest BCUT2D eigenvalue weighted by Crippen LogP contribution is -2.03. The lowest BCUT2D eigenvalue weighted by Gasteiger charge is -2.09. The second kappa shape index (κ2) is 8.57. The van der Waals surface area contributed by atoms with E-state index in [2.05, 4.69) is 11.8 Å². The van der Waals surface area contributed by atoms with Crippen LogP contribution in [0.25, 0.3) is 0 Å². The van der Waals surface area contributed by atoms with Crippen LogP contribution in [0.5, 0.6) is 5.75 Å². The smallest absolute Gasteiger partial charge is 0.122 e. The Labute approximate surface area is 109 Å². The molecule has 18 heavy (non-hydrogen) atoms. The van der Waals surface area contributed by atoms with Crippen molar-refractivity contribution in [1.29, 1.82) is 0 Å². The molecule has 0 bridgehead atoms. The largest absolute Gasteiger partial charge is 0.493 e. The van der Waals surface area contributed by atoms with E-state index in [1.807, 2.05) is 32.0 Å². The number of rotatable bonds is 6. The molecule has 0 saturated carbocycles. The highest BCUT2D eigenvalue weighted by Crippen LogP contribution is 2.18. The van der Waals surface area contributed by atoms with Gasteiger partial charge in [0.15, 0.2) is 0 Å². The fourth-order valence-corrected chi connectivity index (χ4v) is 1.52. The highest BCUT2D eigenvalue weighted by Gasteiger charge is 2.00. The van der Waals surface area contributed by atoms with E-state index in [9.17, 15) is 0 Å². The summed E-state index contributed by atoms with van der Waals surface area (Å²) in [6, 6.07) is 5.77. The summed E-state index contributed by atoms with van der Waals surface area (Å²) in [7, 11) is 0. The minimum atomic E-state index is -0.116. The summed E-state index contributed by atoms with van der Waals surface area (Å²) in [6.07, 6.45) is 0.888. The molecule has 3 heteroatoms. The third-order valence-corrected chi connectivity index (χ3v) is 2.38. The zero-order valence-corrected chi connectivity index (χ0v) is 11.0. The maximum absolute atomic E-state index is 8.63. The van der Waals surface area contributed by atoms with E-state index in [-0.39, 0.29) is 6.61 Å². The average Bonchev–Trinajstić information content (AvgIpc) is 2.38. The normalized spacial score (nSPS) is 9.72. The molecule has 1 aromatic carbocycles. The molecule has 0 heterocycles. The summed E-state index contributed by atoms with van der Waals surface area (Å²) in [4.78, 5) is 0. The van der Waals surface area contributed by atoms with E-state index in [0.717, 1.165) is 36.5 Å². The van der Waals surface area contributed by atoms with Gasteiger partial charge in [-0.05, 0) is 37.6 Å². The Balaban J connectivity index is 2.47. The van der Waals surface area contributed by atoms with Gasteiger partial charge in [-0.15, -0.1) is 0 Å². The van der Waals surface area contributed by atoms with E-state index in [0.29, 0.717) is 6.61 Å². The summed E-state index contributed by atoms with van der Waals surface area (Å²) in [5, 5.41) is 8.63. The first-order valence-corrected chi connectivity index (χ1v) is 6.19. The van der Waals surface area contributed by atoms with Crippen molar-refractivity contribution in [2.24, 2.45) is 0 Å². The minimum Gasteiger partial charge on any atom is -0.493 e. The number of benzene rings is 1. The van der Waals surface area contributed by atoms with Crippen LogP contribution in [-0.2, 0) is 4.74 Å². The maximum Gasteiger partial charge on any atom is 0.122 e. The van der Waals surface area contributed by atoms with Gasteiger partial charge in [0.25, 0.3) is 0 Å².